The Morgan fingerprint density at radius 2 is 1.77 bits per heavy atom. The third-order valence-corrected chi connectivity index (χ3v) is 5.46. The van der Waals surface area contributed by atoms with Gasteiger partial charge in [0.05, 0.1) is 12.8 Å². The van der Waals surface area contributed by atoms with Crippen molar-refractivity contribution in [2.45, 2.75) is 32.2 Å². The van der Waals surface area contributed by atoms with Crippen molar-refractivity contribution >= 4 is 11.6 Å². The number of para-hydroxylation sites is 1. The van der Waals surface area contributed by atoms with E-state index in [0.29, 0.717) is 0 Å². The van der Waals surface area contributed by atoms with E-state index in [1.165, 1.54) is 16.8 Å². The summed E-state index contributed by atoms with van der Waals surface area (Å²) in [6.45, 7) is 3.66. The van der Waals surface area contributed by atoms with Crippen molar-refractivity contribution in [2.24, 2.45) is 0 Å². The van der Waals surface area contributed by atoms with Crippen molar-refractivity contribution in [2.75, 3.05) is 31.6 Å². The van der Waals surface area contributed by atoms with Gasteiger partial charge in [-0.15, -0.1) is 0 Å². The van der Waals surface area contributed by atoms with Gasteiger partial charge in [-0.1, -0.05) is 24.3 Å². The Morgan fingerprint density at radius 1 is 1.00 bits per heavy atom. The zero-order valence-electron chi connectivity index (χ0n) is 15.4. The lowest BCUT2D eigenvalue weighted by atomic mass is 10.00. The lowest BCUT2D eigenvalue weighted by Crippen LogP contribution is -2.29. The Balaban J connectivity index is 1.51. The van der Waals surface area contributed by atoms with Gasteiger partial charge in [-0.3, -0.25) is 4.79 Å². The first-order valence-corrected chi connectivity index (χ1v) is 9.55. The third-order valence-electron chi connectivity index (χ3n) is 5.46. The first kappa shape index (κ1) is 17.0. The summed E-state index contributed by atoms with van der Waals surface area (Å²) in [7, 11) is 1.74. The van der Waals surface area contributed by atoms with E-state index in [1.807, 2.05) is 23.1 Å². The van der Waals surface area contributed by atoms with E-state index in [2.05, 4.69) is 29.2 Å². The number of rotatable bonds is 4. The molecule has 2 aliphatic rings. The minimum absolute atomic E-state index is 0.166. The average Bonchev–Trinajstić information content (AvgIpc) is 3.22. The Kier molecular flexibility index (Phi) is 4.83. The molecule has 0 saturated carbocycles. The number of ether oxygens (including phenoxy) is 1. The Bertz CT molecular complexity index is 765. The smallest absolute Gasteiger partial charge is 0.253 e. The topological polar surface area (TPSA) is 32.8 Å². The number of fused-ring (bicyclic) bond motifs is 1. The molecule has 4 nitrogen and oxygen atoms in total. The molecule has 0 atom stereocenters. The number of carbonyl (C=O) groups excluding carboxylic acids is 1. The van der Waals surface area contributed by atoms with E-state index < -0.39 is 0 Å². The number of benzene rings is 2. The summed E-state index contributed by atoms with van der Waals surface area (Å²) in [4.78, 5) is 16.9. The van der Waals surface area contributed by atoms with Crippen LogP contribution >= 0.6 is 0 Å². The number of hydrogen-bond acceptors (Lipinski definition) is 3. The van der Waals surface area contributed by atoms with Gasteiger partial charge in [0, 0.05) is 31.7 Å². The summed E-state index contributed by atoms with van der Waals surface area (Å²) in [5.41, 5.74) is 4.60. The molecule has 136 valence electrons. The normalized spacial score (nSPS) is 16.5. The van der Waals surface area contributed by atoms with Crippen LogP contribution in [0.4, 0.5) is 5.69 Å². The first-order valence-electron chi connectivity index (χ1n) is 9.55. The zero-order valence-corrected chi connectivity index (χ0v) is 15.4. The second kappa shape index (κ2) is 7.40. The maximum atomic E-state index is 12.5. The summed E-state index contributed by atoms with van der Waals surface area (Å²) in [5.74, 6) is 1.11. The van der Waals surface area contributed by atoms with E-state index in [-0.39, 0.29) is 5.91 Å². The van der Waals surface area contributed by atoms with Crippen molar-refractivity contribution in [3.63, 3.8) is 0 Å². The lowest BCUT2D eigenvalue weighted by molar-refractivity contribution is 0.0793. The molecule has 4 rings (SSSR count). The number of hydrogen-bond donors (Lipinski definition) is 0. The van der Waals surface area contributed by atoms with Gasteiger partial charge < -0.3 is 14.5 Å². The molecule has 26 heavy (non-hydrogen) atoms. The van der Waals surface area contributed by atoms with Gasteiger partial charge in [-0.05, 0) is 55.0 Å². The molecule has 0 radical (unpaired) electrons. The molecule has 0 N–H and O–H groups in total. The van der Waals surface area contributed by atoms with Crippen LogP contribution in [-0.2, 0) is 13.0 Å². The summed E-state index contributed by atoms with van der Waals surface area (Å²) in [5, 5.41) is 0. The Morgan fingerprint density at radius 3 is 2.50 bits per heavy atom. The van der Waals surface area contributed by atoms with E-state index >= 15 is 0 Å². The predicted octanol–water partition coefficient (Wildman–Crippen LogP) is 3.88. The minimum atomic E-state index is 0.166. The van der Waals surface area contributed by atoms with Crippen molar-refractivity contribution in [3.8, 4) is 5.75 Å². The van der Waals surface area contributed by atoms with Crippen molar-refractivity contribution < 1.29 is 9.53 Å². The molecule has 2 aliphatic heterocycles. The first-order chi connectivity index (χ1) is 12.8. The van der Waals surface area contributed by atoms with E-state index in [1.54, 1.807) is 7.11 Å². The van der Waals surface area contributed by atoms with Crippen LogP contribution in [0.1, 0.15) is 40.7 Å². The van der Waals surface area contributed by atoms with Crippen LogP contribution < -0.4 is 9.64 Å². The highest BCUT2D eigenvalue weighted by molar-refractivity contribution is 5.94. The second-order valence-corrected chi connectivity index (χ2v) is 7.19. The van der Waals surface area contributed by atoms with E-state index in [9.17, 15) is 4.79 Å². The number of amides is 1. The fourth-order valence-electron chi connectivity index (χ4n) is 4.10. The maximum Gasteiger partial charge on any atom is 0.253 e. The maximum absolute atomic E-state index is 12.5. The highest BCUT2D eigenvalue weighted by atomic mass is 16.5. The van der Waals surface area contributed by atoms with Gasteiger partial charge in [-0.2, -0.15) is 0 Å². The Labute approximate surface area is 155 Å². The summed E-state index contributed by atoms with van der Waals surface area (Å²) in [6, 6.07) is 14.4. The van der Waals surface area contributed by atoms with Crippen LogP contribution in [0, 0.1) is 0 Å². The van der Waals surface area contributed by atoms with Crippen molar-refractivity contribution in [1.29, 1.82) is 0 Å². The fourth-order valence-corrected chi connectivity index (χ4v) is 4.10. The zero-order chi connectivity index (χ0) is 17.9. The molecule has 2 aromatic rings. The van der Waals surface area contributed by atoms with E-state index in [0.717, 1.165) is 63.2 Å². The summed E-state index contributed by atoms with van der Waals surface area (Å²) >= 11 is 0. The van der Waals surface area contributed by atoms with Gasteiger partial charge in [0.15, 0.2) is 0 Å². The minimum Gasteiger partial charge on any atom is -0.495 e. The van der Waals surface area contributed by atoms with Crippen LogP contribution in [0.25, 0.3) is 0 Å². The van der Waals surface area contributed by atoms with Crippen LogP contribution in [0.15, 0.2) is 42.5 Å². The molecular formula is C22H26N2O2. The number of carbonyl (C=O) groups is 1. The molecule has 0 aliphatic carbocycles. The number of likely N-dealkylation sites (tertiary alicyclic amines) is 1. The molecule has 1 fully saturated rings. The van der Waals surface area contributed by atoms with Crippen LogP contribution in [0.2, 0.25) is 0 Å². The molecule has 1 amide bonds. The molecular weight excluding hydrogens is 324 g/mol. The highest BCUT2D eigenvalue weighted by Crippen LogP contribution is 2.36. The monoisotopic (exact) mass is 350 g/mol. The summed E-state index contributed by atoms with van der Waals surface area (Å²) < 4.78 is 5.60. The standard InChI is InChI=1S/C22H26N2O2/c1-26-20-8-4-6-18-7-5-15-24(21(18)20)16-17-9-11-19(12-10-17)22(25)23-13-2-3-14-23/h4,6,8-12H,2-3,5,7,13-16H2,1H3. The number of methoxy groups -OCH3 is 1. The number of nitrogens with zero attached hydrogens (tertiary/aromatic N) is 2. The Hall–Kier alpha value is -2.49. The third kappa shape index (κ3) is 3.28. The van der Waals surface area contributed by atoms with Crippen molar-refractivity contribution in [3.05, 3.63) is 59.2 Å². The number of anilines is 1. The van der Waals surface area contributed by atoms with Gasteiger partial charge in [-0.25, -0.2) is 0 Å². The van der Waals surface area contributed by atoms with Crippen LogP contribution in [0.3, 0.4) is 0 Å². The number of aryl methyl sites for hydroxylation is 1. The SMILES string of the molecule is COc1cccc2c1N(Cc1ccc(C(=O)N3CCCC3)cc1)CCC2. The van der Waals surface area contributed by atoms with Gasteiger partial charge in [0.25, 0.3) is 5.91 Å². The molecule has 0 bridgehead atoms. The van der Waals surface area contributed by atoms with Crippen LogP contribution in [-0.4, -0.2) is 37.6 Å². The summed E-state index contributed by atoms with van der Waals surface area (Å²) in [6.07, 6.45) is 4.51. The van der Waals surface area contributed by atoms with E-state index in [4.69, 9.17) is 4.74 Å². The fraction of sp³-hybridized carbons (Fsp3) is 0.409. The molecule has 2 heterocycles. The molecule has 2 aromatic carbocycles. The van der Waals surface area contributed by atoms with Crippen LogP contribution in [0.5, 0.6) is 5.75 Å². The van der Waals surface area contributed by atoms with Gasteiger partial charge in [0.2, 0.25) is 0 Å². The second-order valence-electron chi connectivity index (χ2n) is 7.19. The molecule has 0 aromatic heterocycles. The highest BCUT2D eigenvalue weighted by Gasteiger charge is 2.22. The lowest BCUT2D eigenvalue weighted by Gasteiger charge is -2.32. The largest absolute Gasteiger partial charge is 0.495 e. The molecule has 1 saturated heterocycles. The quantitative estimate of drug-likeness (QED) is 0.839. The molecule has 0 spiro atoms. The molecule has 4 heteroatoms. The van der Waals surface area contributed by atoms with Gasteiger partial charge >= 0.3 is 0 Å². The predicted molar refractivity (Wildman–Crippen MR) is 104 cm³/mol. The average molecular weight is 350 g/mol. The van der Waals surface area contributed by atoms with Crippen molar-refractivity contribution in [1.82, 2.24) is 4.90 Å². The molecule has 0 unspecified atom stereocenters. The van der Waals surface area contributed by atoms with Gasteiger partial charge in [0.1, 0.15) is 5.75 Å².